The van der Waals surface area contributed by atoms with Gasteiger partial charge in [-0.1, -0.05) is 45.8 Å². The zero-order valence-electron chi connectivity index (χ0n) is 14.7. The second-order valence-electron chi connectivity index (χ2n) is 9.42. The highest BCUT2D eigenvalue weighted by Crippen LogP contribution is 2.68. The van der Waals surface area contributed by atoms with Gasteiger partial charge in [-0.3, -0.25) is 0 Å². The molecule has 0 aliphatic heterocycles. The second kappa shape index (κ2) is 4.85. The third kappa shape index (κ3) is 2.06. The minimum absolute atomic E-state index is 0.312. The fraction of sp³-hybridized carbons (Fsp3) is 0.900. The first-order chi connectivity index (χ1) is 9.75. The molecule has 0 aromatic rings. The summed E-state index contributed by atoms with van der Waals surface area (Å²) in [5.41, 5.74) is 2.72. The fourth-order valence-corrected chi connectivity index (χ4v) is 6.96. The van der Waals surface area contributed by atoms with Crippen molar-refractivity contribution < 1.29 is 5.11 Å². The van der Waals surface area contributed by atoms with Crippen LogP contribution in [0, 0.1) is 34.0 Å². The maximum atomic E-state index is 10.0. The van der Waals surface area contributed by atoms with Crippen LogP contribution in [0.1, 0.15) is 73.1 Å². The van der Waals surface area contributed by atoms with Gasteiger partial charge >= 0.3 is 0 Å². The van der Waals surface area contributed by atoms with Crippen molar-refractivity contribution in [3.8, 4) is 0 Å². The molecule has 0 spiro atoms. The smallest absolute Gasteiger partial charge is 0.0501 e. The van der Waals surface area contributed by atoms with E-state index in [9.17, 15) is 5.11 Å². The topological polar surface area (TPSA) is 20.2 Å². The Morgan fingerprint density at radius 1 is 1.05 bits per heavy atom. The van der Waals surface area contributed by atoms with E-state index in [0.717, 1.165) is 11.8 Å². The molecule has 1 nitrogen and oxygen atoms in total. The van der Waals surface area contributed by atoms with Gasteiger partial charge in [-0.2, -0.15) is 0 Å². The van der Waals surface area contributed by atoms with Gasteiger partial charge in [0, 0.05) is 5.92 Å². The van der Waals surface area contributed by atoms with Gasteiger partial charge in [0.05, 0.1) is 6.61 Å². The molecule has 0 aromatic heterocycles. The minimum Gasteiger partial charge on any atom is -0.396 e. The van der Waals surface area contributed by atoms with Crippen LogP contribution < -0.4 is 0 Å². The van der Waals surface area contributed by atoms with Gasteiger partial charge in [-0.25, -0.2) is 0 Å². The van der Waals surface area contributed by atoms with Gasteiger partial charge in [0.15, 0.2) is 0 Å². The lowest BCUT2D eigenvalue weighted by atomic mass is 9.40. The number of hydrogen-bond acceptors (Lipinski definition) is 1. The molecule has 0 heterocycles. The standard InChI is InChI=1S/C20H34O/c1-14-7-8-17-19(4,15(14)13-21)12-9-16-18(2,3)10-6-11-20(16,17)5/h7,15-17,21H,6,8-13H2,1-5H3. The Hall–Kier alpha value is -0.300. The lowest BCUT2D eigenvalue weighted by Gasteiger charge is -2.65. The Morgan fingerprint density at radius 3 is 2.43 bits per heavy atom. The molecule has 5 unspecified atom stereocenters. The number of aliphatic hydroxyl groups excluding tert-OH is 1. The SMILES string of the molecule is CC1=CCC2C(C)(CCC3C(C)(C)CCCC32C)C1CO. The summed E-state index contributed by atoms with van der Waals surface area (Å²) in [6, 6.07) is 0. The molecule has 5 atom stereocenters. The molecule has 0 amide bonds. The Kier molecular flexibility index (Phi) is 3.60. The van der Waals surface area contributed by atoms with Gasteiger partial charge in [0.25, 0.3) is 0 Å². The lowest BCUT2D eigenvalue weighted by molar-refractivity contribution is -0.149. The Labute approximate surface area is 131 Å². The first kappa shape index (κ1) is 15.6. The summed E-state index contributed by atoms with van der Waals surface area (Å²) in [5, 5.41) is 10.0. The summed E-state index contributed by atoms with van der Waals surface area (Å²) in [4.78, 5) is 0. The molecular formula is C20H34O. The highest BCUT2D eigenvalue weighted by atomic mass is 16.3. The van der Waals surface area contributed by atoms with Crippen LogP contribution >= 0.6 is 0 Å². The summed E-state index contributed by atoms with van der Waals surface area (Å²) in [5.74, 6) is 2.01. The lowest BCUT2D eigenvalue weighted by Crippen LogP contribution is -2.58. The van der Waals surface area contributed by atoms with Gasteiger partial charge in [0.2, 0.25) is 0 Å². The van der Waals surface area contributed by atoms with Crippen molar-refractivity contribution in [2.75, 3.05) is 6.61 Å². The molecule has 0 radical (unpaired) electrons. The summed E-state index contributed by atoms with van der Waals surface area (Å²) in [6.07, 6.45) is 10.5. The highest BCUT2D eigenvalue weighted by Gasteiger charge is 2.60. The number of allylic oxidation sites excluding steroid dienone is 1. The predicted octanol–water partition coefficient (Wildman–Crippen LogP) is 5.19. The molecule has 2 saturated carbocycles. The van der Waals surface area contributed by atoms with Crippen molar-refractivity contribution in [3.63, 3.8) is 0 Å². The molecule has 0 aromatic carbocycles. The van der Waals surface area contributed by atoms with E-state index in [4.69, 9.17) is 0 Å². The average molecular weight is 290 g/mol. The molecule has 2 fully saturated rings. The number of fused-ring (bicyclic) bond motifs is 3. The Balaban J connectivity index is 2.03. The normalized spacial score (nSPS) is 49.0. The van der Waals surface area contributed by atoms with Crippen molar-refractivity contribution in [3.05, 3.63) is 11.6 Å². The Morgan fingerprint density at radius 2 is 1.76 bits per heavy atom. The first-order valence-corrected chi connectivity index (χ1v) is 9.03. The van der Waals surface area contributed by atoms with E-state index in [1.807, 2.05) is 0 Å². The maximum Gasteiger partial charge on any atom is 0.0501 e. The summed E-state index contributed by atoms with van der Waals surface area (Å²) in [7, 11) is 0. The number of rotatable bonds is 1. The molecule has 3 rings (SSSR count). The zero-order chi connectivity index (χ0) is 15.5. The van der Waals surface area contributed by atoms with E-state index in [1.165, 1.54) is 44.1 Å². The van der Waals surface area contributed by atoms with Gasteiger partial charge in [-0.05, 0) is 67.1 Å². The van der Waals surface area contributed by atoms with Gasteiger partial charge in [0.1, 0.15) is 0 Å². The third-order valence-corrected chi connectivity index (χ3v) is 8.04. The highest BCUT2D eigenvalue weighted by molar-refractivity contribution is 5.20. The van der Waals surface area contributed by atoms with Gasteiger partial charge in [-0.15, -0.1) is 0 Å². The van der Waals surface area contributed by atoms with Crippen LogP contribution in [0.3, 0.4) is 0 Å². The molecular weight excluding hydrogens is 256 g/mol. The molecule has 3 aliphatic carbocycles. The van der Waals surface area contributed by atoms with Crippen molar-refractivity contribution in [2.24, 2.45) is 34.0 Å². The summed E-state index contributed by atoms with van der Waals surface area (Å²) < 4.78 is 0. The van der Waals surface area contributed by atoms with Crippen LogP contribution in [-0.4, -0.2) is 11.7 Å². The van der Waals surface area contributed by atoms with E-state index < -0.39 is 0 Å². The maximum absolute atomic E-state index is 10.0. The third-order valence-electron chi connectivity index (χ3n) is 8.04. The minimum atomic E-state index is 0.312. The van der Waals surface area contributed by atoms with E-state index in [2.05, 4.69) is 40.7 Å². The average Bonchev–Trinajstić information content (AvgIpc) is 2.36. The van der Waals surface area contributed by atoms with E-state index >= 15 is 0 Å². The van der Waals surface area contributed by atoms with E-state index in [0.29, 0.717) is 28.8 Å². The number of aliphatic hydroxyl groups is 1. The van der Waals surface area contributed by atoms with Crippen molar-refractivity contribution in [1.29, 1.82) is 0 Å². The largest absolute Gasteiger partial charge is 0.396 e. The molecule has 21 heavy (non-hydrogen) atoms. The van der Waals surface area contributed by atoms with Crippen LogP contribution in [0.2, 0.25) is 0 Å². The van der Waals surface area contributed by atoms with Crippen molar-refractivity contribution >= 4 is 0 Å². The van der Waals surface area contributed by atoms with Crippen LogP contribution in [0.25, 0.3) is 0 Å². The zero-order valence-corrected chi connectivity index (χ0v) is 14.7. The Bertz CT molecular complexity index is 449. The quantitative estimate of drug-likeness (QED) is 0.659. The first-order valence-electron chi connectivity index (χ1n) is 9.03. The van der Waals surface area contributed by atoms with Crippen LogP contribution in [0.15, 0.2) is 11.6 Å². The van der Waals surface area contributed by atoms with Gasteiger partial charge < -0.3 is 5.11 Å². The van der Waals surface area contributed by atoms with E-state index in [1.54, 1.807) is 0 Å². The van der Waals surface area contributed by atoms with Crippen LogP contribution in [-0.2, 0) is 0 Å². The monoisotopic (exact) mass is 290 g/mol. The molecule has 1 heteroatoms. The predicted molar refractivity (Wildman–Crippen MR) is 89.0 cm³/mol. The molecule has 0 bridgehead atoms. The summed E-state index contributed by atoms with van der Waals surface area (Å²) >= 11 is 0. The van der Waals surface area contributed by atoms with E-state index in [-0.39, 0.29) is 0 Å². The van der Waals surface area contributed by atoms with Crippen molar-refractivity contribution in [2.45, 2.75) is 73.1 Å². The van der Waals surface area contributed by atoms with Crippen LogP contribution in [0.4, 0.5) is 0 Å². The molecule has 1 N–H and O–H groups in total. The van der Waals surface area contributed by atoms with Crippen LogP contribution in [0.5, 0.6) is 0 Å². The fourth-order valence-electron chi connectivity index (χ4n) is 6.96. The second-order valence-corrected chi connectivity index (χ2v) is 9.42. The molecule has 3 aliphatic rings. The number of hydrogen-bond donors (Lipinski definition) is 1. The molecule has 0 saturated heterocycles. The molecule has 120 valence electrons. The van der Waals surface area contributed by atoms with Crippen molar-refractivity contribution in [1.82, 2.24) is 0 Å². The summed E-state index contributed by atoms with van der Waals surface area (Å²) in [6.45, 7) is 12.7.